The second-order valence-corrected chi connectivity index (χ2v) is 9.53. The Hall–Kier alpha value is -0.0900. The molecule has 1 unspecified atom stereocenters. The topological polar surface area (TPSA) is 71.0 Å². The van der Waals surface area contributed by atoms with Gasteiger partial charge in [-0.1, -0.05) is 13.8 Å². The molecule has 1 N–H and O–H groups in total. The number of hydrogen-bond acceptors (Lipinski definition) is 4. The van der Waals surface area contributed by atoms with Gasteiger partial charge >= 0.3 is 0 Å². The standard InChI is InChI=1S/C16H33N3O3S.HI/c1-6-17-15(19-9-7-14(11-19)12-22-4)18-13-16(2,3)8-10-23(5,20)21;/h14H,6-13H2,1-5H3,(H,17,18);1H. The number of likely N-dealkylation sites (tertiary alicyclic amines) is 1. The monoisotopic (exact) mass is 475 g/mol. The first kappa shape index (κ1) is 23.9. The SMILES string of the molecule is CCNC(=NCC(C)(C)CCS(C)(=O)=O)N1CCC(COC)C1.I. The molecule has 1 saturated heterocycles. The van der Waals surface area contributed by atoms with E-state index in [1.165, 1.54) is 6.26 Å². The van der Waals surface area contributed by atoms with Crippen molar-refractivity contribution in [3.8, 4) is 0 Å². The van der Waals surface area contributed by atoms with E-state index in [2.05, 4.69) is 31.0 Å². The fourth-order valence-electron chi connectivity index (χ4n) is 2.65. The first-order chi connectivity index (χ1) is 10.7. The van der Waals surface area contributed by atoms with Gasteiger partial charge in [-0.05, 0) is 25.2 Å². The minimum Gasteiger partial charge on any atom is -0.384 e. The highest BCUT2D eigenvalue weighted by atomic mass is 127. The van der Waals surface area contributed by atoms with Crippen LogP contribution in [0, 0.1) is 11.3 Å². The van der Waals surface area contributed by atoms with Gasteiger partial charge in [0.15, 0.2) is 5.96 Å². The van der Waals surface area contributed by atoms with Gasteiger partial charge in [-0.15, -0.1) is 24.0 Å². The molecular formula is C16H34IN3O3S. The minimum absolute atomic E-state index is 0. The first-order valence-corrected chi connectivity index (χ1v) is 10.4. The number of hydrogen-bond donors (Lipinski definition) is 1. The molecule has 1 aliphatic heterocycles. The number of sulfone groups is 1. The van der Waals surface area contributed by atoms with Gasteiger partial charge in [0.2, 0.25) is 0 Å². The van der Waals surface area contributed by atoms with Gasteiger partial charge in [0, 0.05) is 45.5 Å². The van der Waals surface area contributed by atoms with Crippen LogP contribution in [0.15, 0.2) is 4.99 Å². The van der Waals surface area contributed by atoms with Crippen LogP contribution in [0.3, 0.4) is 0 Å². The molecule has 1 atom stereocenters. The van der Waals surface area contributed by atoms with Gasteiger partial charge < -0.3 is 15.0 Å². The van der Waals surface area contributed by atoms with Crippen molar-refractivity contribution in [2.45, 2.75) is 33.6 Å². The van der Waals surface area contributed by atoms with Gasteiger partial charge in [0.05, 0.1) is 12.4 Å². The molecule has 0 radical (unpaired) electrons. The Morgan fingerprint density at radius 2 is 2.08 bits per heavy atom. The zero-order valence-electron chi connectivity index (χ0n) is 15.7. The van der Waals surface area contributed by atoms with E-state index in [4.69, 9.17) is 9.73 Å². The van der Waals surface area contributed by atoms with Crippen molar-refractivity contribution in [3.63, 3.8) is 0 Å². The van der Waals surface area contributed by atoms with E-state index < -0.39 is 9.84 Å². The van der Waals surface area contributed by atoms with Crippen LogP contribution in [0.4, 0.5) is 0 Å². The molecule has 24 heavy (non-hydrogen) atoms. The zero-order valence-corrected chi connectivity index (χ0v) is 18.8. The van der Waals surface area contributed by atoms with Crippen LogP contribution < -0.4 is 5.32 Å². The third-order valence-corrected chi connectivity index (χ3v) is 5.07. The highest BCUT2D eigenvalue weighted by molar-refractivity contribution is 14.0. The highest BCUT2D eigenvalue weighted by Crippen LogP contribution is 2.22. The Morgan fingerprint density at radius 3 is 2.62 bits per heavy atom. The summed E-state index contributed by atoms with van der Waals surface area (Å²) >= 11 is 0. The van der Waals surface area contributed by atoms with Gasteiger partial charge in [-0.3, -0.25) is 4.99 Å². The lowest BCUT2D eigenvalue weighted by atomic mass is 9.90. The molecule has 8 heteroatoms. The molecule has 0 saturated carbocycles. The smallest absolute Gasteiger partial charge is 0.193 e. The van der Waals surface area contributed by atoms with Crippen LogP contribution in [0.1, 0.15) is 33.6 Å². The second kappa shape index (κ2) is 10.8. The van der Waals surface area contributed by atoms with E-state index >= 15 is 0 Å². The molecule has 144 valence electrons. The van der Waals surface area contributed by atoms with Crippen LogP contribution in [0.25, 0.3) is 0 Å². The number of ether oxygens (including phenoxy) is 1. The summed E-state index contributed by atoms with van der Waals surface area (Å²) in [5, 5.41) is 3.35. The van der Waals surface area contributed by atoms with E-state index in [0.29, 0.717) is 18.9 Å². The molecule has 0 bridgehead atoms. The van der Waals surface area contributed by atoms with Crippen molar-refractivity contribution in [2.75, 3.05) is 51.9 Å². The van der Waals surface area contributed by atoms with Crippen LogP contribution in [-0.2, 0) is 14.6 Å². The fourth-order valence-corrected chi connectivity index (χ4v) is 3.58. The van der Waals surface area contributed by atoms with Gasteiger partial charge in [-0.2, -0.15) is 0 Å². The third-order valence-electron chi connectivity index (χ3n) is 4.13. The number of aliphatic imine (C=N–C) groups is 1. The van der Waals surface area contributed by atoms with Crippen molar-refractivity contribution in [3.05, 3.63) is 0 Å². The van der Waals surface area contributed by atoms with E-state index in [-0.39, 0.29) is 35.1 Å². The Labute approximate surface area is 164 Å². The molecule has 1 fully saturated rings. The molecule has 0 amide bonds. The Bertz CT molecular complexity index is 495. The summed E-state index contributed by atoms with van der Waals surface area (Å²) in [5.41, 5.74) is -0.130. The summed E-state index contributed by atoms with van der Waals surface area (Å²) in [7, 11) is -1.18. The molecule has 0 aliphatic carbocycles. The summed E-state index contributed by atoms with van der Waals surface area (Å²) in [5.74, 6) is 1.70. The predicted octanol–water partition coefficient (Wildman–Crippen LogP) is 2.00. The fraction of sp³-hybridized carbons (Fsp3) is 0.938. The number of rotatable bonds is 8. The number of guanidine groups is 1. The van der Waals surface area contributed by atoms with Crippen molar-refractivity contribution in [1.29, 1.82) is 0 Å². The van der Waals surface area contributed by atoms with Gasteiger partial charge in [0.1, 0.15) is 9.84 Å². The Morgan fingerprint density at radius 1 is 1.42 bits per heavy atom. The van der Waals surface area contributed by atoms with Crippen molar-refractivity contribution < 1.29 is 13.2 Å². The molecule has 0 spiro atoms. The third kappa shape index (κ3) is 9.41. The predicted molar refractivity (Wildman–Crippen MR) is 111 cm³/mol. The molecule has 0 aromatic heterocycles. The van der Waals surface area contributed by atoms with Crippen molar-refractivity contribution in [2.24, 2.45) is 16.3 Å². The Kier molecular flexibility index (Phi) is 10.8. The maximum atomic E-state index is 11.4. The maximum Gasteiger partial charge on any atom is 0.193 e. The first-order valence-electron chi connectivity index (χ1n) is 8.37. The summed E-state index contributed by atoms with van der Waals surface area (Å²) < 4.78 is 28.0. The van der Waals surface area contributed by atoms with Gasteiger partial charge in [0.25, 0.3) is 0 Å². The summed E-state index contributed by atoms with van der Waals surface area (Å²) in [6, 6.07) is 0. The summed E-state index contributed by atoms with van der Waals surface area (Å²) in [4.78, 5) is 7.04. The van der Waals surface area contributed by atoms with E-state index in [1.54, 1.807) is 7.11 Å². The summed E-state index contributed by atoms with van der Waals surface area (Å²) in [6.45, 7) is 10.4. The average Bonchev–Trinajstić information content (AvgIpc) is 2.90. The highest BCUT2D eigenvalue weighted by Gasteiger charge is 2.26. The molecule has 0 aromatic rings. The van der Waals surface area contributed by atoms with E-state index in [9.17, 15) is 8.42 Å². The van der Waals surface area contributed by atoms with Crippen LogP contribution >= 0.6 is 24.0 Å². The van der Waals surface area contributed by atoms with Crippen LogP contribution in [-0.4, -0.2) is 71.2 Å². The summed E-state index contributed by atoms with van der Waals surface area (Å²) in [6.07, 6.45) is 3.04. The molecular weight excluding hydrogens is 441 g/mol. The lowest BCUT2D eigenvalue weighted by molar-refractivity contribution is 0.157. The van der Waals surface area contributed by atoms with Gasteiger partial charge in [-0.25, -0.2) is 8.42 Å². The minimum atomic E-state index is -2.92. The zero-order chi connectivity index (χ0) is 17.5. The average molecular weight is 475 g/mol. The molecule has 6 nitrogen and oxygen atoms in total. The normalized spacial score (nSPS) is 19.3. The molecule has 1 rings (SSSR count). The van der Waals surface area contributed by atoms with Crippen molar-refractivity contribution >= 4 is 39.8 Å². The lowest BCUT2D eigenvalue weighted by Gasteiger charge is -2.26. The number of halogens is 1. The van der Waals surface area contributed by atoms with Crippen LogP contribution in [0.2, 0.25) is 0 Å². The second-order valence-electron chi connectivity index (χ2n) is 7.27. The molecule has 1 aliphatic rings. The number of methoxy groups -OCH3 is 1. The largest absolute Gasteiger partial charge is 0.384 e. The van der Waals surface area contributed by atoms with E-state index in [0.717, 1.165) is 38.6 Å². The maximum absolute atomic E-state index is 11.4. The number of nitrogens with zero attached hydrogens (tertiary/aromatic N) is 2. The lowest BCUT2D eigenvalue weighted by Crippen LogP contribution is -2.41. The van der Waals surface area contributed by atoms with Crippen molar-refractivity contribution in [1.82, 2.24) is 10.2 Å². The number of nitrogens with one attached hydrogen (secondary N) is 1. The molecule has 1 heterocycles. The Balaban J connectivity index is 0.00000529. The molecule has 0 aromatic carbocycles. The van der Waals surface area contributed by atoms with E-state index in [1.807, 2.05) is 0 Å². The van der Waals surface area contributed by atoms with Crippen LogP contribution in [0.5, 0.6) is 0 Å². The quantitative estimate of drug-likeness (QED) is 0.331.